The van der Waals surface area contributed by atoms with Gasteiger partial charge in [0.05, 0.1) is 13.7 Å². The van der Waals surface area contributed by atoms with Crippen LogP contribution in [0.2, 0.25) is 0 Å². The molecule has 0 spiro atoms. The second kappa shape index (κ2) is 9.55. The molecule has 1 aromatic carbocycles. The molecule has 6 nitrogen and oxygen atoms in total. The van der Waals surface area contributed by atoms with E-state index in [0.717, 1.165) is 56.0 Å². The van der Waals surface area contributed by atoms with Gasteiger partial charge in [-0.3, -0.25) is 4.79 Å². The van der Waals surface area contributed by atoms with E-state index in [4.69, 9.17) is 9.47 Å². The van der Waals surface area contributed by atoms with E-state index < -0.39 is 0 Å². The van der Waals surface area contributed by atoms with Gasteiger partial charge < -0.3 is 18.9 Å². The Morgan fingerprint density at radius 2 is 2.22 bits per heavy atom. The van der Waals surface area contributed by atoms with Gasteiger partial charge in [-0.15, -0.1) is 0 Å². The SMILES string of the molecule is COCCn1ccnc1C1CCCN(C(=O)CCc2cccc(OC)c2)C1. The third kappa shape index (κ3) is 5.10. The minimum absolute atomic E-state index is 0.220. The molecule has 1 atom stereocenters. The summed E-state index contributed by atoms with van der Waals surface area (Å²) in [6.45, 7) is 3.05. The highest BCUT2D eigenvalue weighted by Crippen LogP contribution is 2.26. The number of benzene rings is 1. The van der Waals surface area contributed by atoms with Crippen molar-refractivity contribution in [3.63, 3.8) is 0 Å². The van der Waals surface area contributed by atoms with Crippen LogP contribution in [0.3, 0.4) is 0 Å². The van der Waals surface area contributed by atoms with Gasteiger partial charge in [0, 0.05) is 51.5 Å². The fraction of sp³-hybridized carbons (Fsp3) is 0.524. The average Bonchev–Trinajstić information content (AvgIpc) is 3.19. The van der Waals surface area contributed by atoms with Gasteiger partial charge in [-0.05, 0) is 37.0 Å². The Morgan fingerprint density at radius 1 is 1.33 bits per heavy atom. The Bertz CT molecular complexity index is 744. The fourth-order valence-corrected chi connectivity index (χ4v) is 3.71. The predicted octanol–water partition coefficient (Wildman–Crippen LogP) is 2.88. The van der Waals surface area contributed by atoms with E-state index in [1.165, 1.54) is 0 Å². The number of carbonyl (C=O) groups is 1. The number of ether oxygens (including phenoxy) is 2. The van der Waals surface area contributed by atoms with Gasteiger partial charge in [0.25, 0.3) is 0 Å². The van der Waals surface area contributed by atoms with Crippen LogP contribution < -0.4 is 4.74 Å². The van der Waals surface area contributed by atoms with Crippen LogP contribution in [0.4, 0.5) is 0 Å². The number of methoxy groups -OCH3 is 2. The second-order valence-corrected chi connectivity index (χ2v) is 7.00. The Kier molecular flexibility index (Phi) is 6.87. The predicted molar refractivity (Wildman–Crippen MR) is 104 cm³/mol. The molecule has 0 radical (unpaired) electrons. The zero-order valence-corrected chi connectivity index (χ0v) is 16.3. The standard InChI is InChI=1S/C21H29N3O3/c1-26-14-13-23-12-10-22-21(23)18-6-4-11-24(16-18)20(25)9-8-17-5-3-7-19(15-17)27-2/h3,5,7,10,12,15,18H,4,6,8-9,11,13-14,16H2,1-2H3. The molecule has 27 heavy (non-hydrogen) atoms. The number of aryl methyl sites for hydroxylation is 1. The van der Waals surface area contributed by atoms with Crippen LogP contribution in [0.25, 0.3) is 0 Å². The molecule has 2 heterocycles. The monoisotopic (exact) mass is 371 g/mol. The van der Waals surface area contributed by atoms with Gasteiger partial charge in [0.15, 0.2) is 0 Å². The Morgan fingerprint density at radius 3 is 3.04 bits per heavy atom. The molecule has 1 aromatic heterocycles. The van der Waals surface area contributed by atoms with E-state index in [9.17, 15) is 4.79 Å². The van der Waals surface area contributed by atoms with Gasteiger partial charge in [-0.2, -0.15) is 0 Å². The Balaban J connectivity index is 1.57. The second-order valence-electron chi connectivity index (χ2n) is 7.00. The summed E-state index contributed by atoms with van der Waals surface area (Å²) < 4.78 is 12.6. The molecule has 0 bridgehead atoms. The first-order valence-electron chi connectivity index (χ1n) is 9.62. The van der Waals surface area contributed by atoms with Crippen molar-refractivity contribution < 1.29 is 14.3 Å². The summed E-state index contributed by atoms with van der Waals surface area (Å²) in [6, 6.07) is 7.93. The van der Waals surface area contributed by atoms with Crippen LogP contribution >= 0.6 is 0 Å². The summed E-state index contributed by atoms with van der Waals surface area (Å²) >= 11 is 0. The molecule has 0 N–H and O–H groups in total. The van der Waals surface area contributed by atoms with Crippen molar-refractivity contribution in [1.82, 2.24) is 14.5 Å². The van der Waals surface area contributed by atoms with E-state index in [1.54, 1.807) is 14.2 Å². The van der Waals surface area contributed by atoms with Gasteiger partial charge >= 0.3 is 0 Å². The van der Waals surface area contributed by atoms with Crippen molar-refractivity contribution in [1.29, 1.82) is 0 Å². The molecule has 3 rings (SSSR count). The van der Waals surface area contributed by atoms with Gasteiger partial charge in [-0.25, -0.2) is 4.98 Å². The van der Waals surface area contributed by atoms with Gasteiger partial charge in [0.2, 0.25) is 5.91 Å². The fourth-order valence-electron chi connectivity index (χ4n) is 3.71. The van der Waals surface area contributed by atoms with Crippen LogP contribution in [0.5, 0.6) is 5.75 Å². The lowest BCUT2D eigenvalue weighted by atomic mass is 9.96. The first-order valence-corrected chi connectivity index (χ1v) is 9.62. The maximum Gasteiger partial charge on any atom is 0.222 e. The molecule has 0 saturated carbocycles. The number of rotatable bonds is 8. The van der Waals surface area contributed by atoms with Gasteiger partial charge in [0.1, 0.15) is 11.6 Å². The lowest BCUT2D eigenvalue weighted by molar-refractivity contribution is -0.132. The molecule has 1 amide bonds. The Labute approximate surface area is 161 Å². The highest BCUT2D eigenvalue weighted by molar-refractivity contribution is 5.76. The molecule has 1 unspecified atom stereocenters. The molecule has 146 valence electrons. The van der Waals surface area contributed by atoms with Crippen molar-refractivity contribution >= 4 is 5.91 Å². The third-order valence-electron chi connectivity index (χ3n) is 5.18. The summed E-state index contributed by atoms with van der Waals surface area (Å²) in [5.41, 5.74) is 1.13. The summed E-state index contributed by atoms with van der Waals surface area (Å²) in [6.07, 6.45) is 7.19. The zero-order chi connectivity index (χ0) is 19.1. The van der Waals surface area contributed by atoms with Crippen LogP contribution in [-0.4, -0.2) is 54.3 Å². The molecular formula is C21H29N3O3. The maximum absolute atomic E-state index is 12.7. The minimum Gasteiger partial charge on any atom is -0.497 e. The normalized spacial score (nSPS) is 17.1. The van der Waals surface area contributed by atoms with Crippen molar-refractivity contribution in [2.75, 3.05) is 33.9 Å². The largest absolute Gasteiger partial charge is 0.497 e. The summed E-state index contributed by atoms with van der Waals surface area (Å²) in [7, 11) is 3.37. The molecule has 1 aliphatic heterocycles. The van der Waals surface area contributed by atoms with E-state index in [0.29, 0.717) is 18.9 Å². The number of likely N-dealkylation sites (tertiary alicyclic amines) is 1. The highest BCUT2D eigenvalue weighted by Gasteiger charge is 2.27. The molecule has 1 fully saturated rings. The molecule has 1 saturated heterocycles. The average molecular weight is 371 g/mol. The summed E-state index contributed by atoms with van der Waals surface area (Å²) in [5.74, 6) is 2.42. The number of aromatic nitrogens is 2. The molecule has 1 aliphatic rings. The quantitative estimate of drug-likeness (QED) is 0.716. The van der Waals surface area contributed by atoms with E-state index in [-0.39, 0.29) is 5.91 Å². The van der Waals surface area contributed by atoms with Crippen molar-refractivity contribution in [3.8, 4) is 5.75 Å². The maximum atomic E-state index is 12.7. The Hall–Kier alpha value is -2.34. The molecular weight excluding hydrogens is 342 g/mol. The summed E-state index contributed by atoms with van der Waals surface area (Å²) in [4.78, 5) is 19.3. The van der Waals surface area contributed by atoms with E-state index in [1.807, 2.05) is 41.6 Å². The van der Waals surface area contributed by atoms with Gasteiger partial charge in [-0.1, -0.05) is 12.1 Å². The van der Waals surface area contributed by atoms with Crippen LogP contribution in [0.1, 0.15) is 36.6 Å². The highest BCUT2D eigenvalue weighted by atomic mass is 16.5. The van der Waals surface area contributed by atoms with E-state index >= 15 is 0 Å². The van der Waals surface area contributed by atoms with Crippen molar-refractivity contribution in [3.05, 3.63) is 48.0 Å². The first-order chi connectivity index (χ1) is 13.2. The number of piperidine rings is 1. The van der Waals surface area contributed by atoms with Crippen molar-refractivity contribution in [2.24, 2.45) is 0 Å². The number of amides is 1. The van der Waals surface area contributed by atoms with Crippen LogP contribution in [-0.2, 0) is 22.5 Å². The zero-order valence-electron chi connectivity index (χ0n) is 16.3. The molecule has 0 aliphatic carbocycles. The van der Waals surface area contributed by atoms with Crippen molar-refractivity contribution in [2.45, 2.75) is 38.1 Å². The number of imidazole rings is 1. The molecule has 6 heteroatoms. The smallest absolute Gasteiger partial charge is 0.222 e. The first kappa shape index (κ1) is 19.4. The summed E-state index contributed by atoms with van der Waals surface area (Å²) in [5, 5.41) is 0. The number of hydrogen-bond acceptors (Lipinski definition) is 4. The minimum atomic E-state index is 0.220. The number of hydrogen-bond donors (Lipinski definition) is 0. The van der Waals surface area contributed by atoms with E-state index in [2.05, 4.69) is 9.55 Å². The van der Waals surface area contributed by atoms with Crippen LogP contribution in [0, 0.1) is 0 Å². The number of nitrogens with zero attached hydrogens (tertiary/aromatic N) is 3. The molecule has 2 aromatic rings. The lowest BCUT2D eigenvalue weighted by Gasteiger charge is -2.33. The third-order valence-corrected chi connectivity index (χ3v) is 5.18. The number of carbonyl (C=O) groups excluding carboxylic acids is 1. The van der Waals surface area contributed by atoms with Crippen LogP contribution in [0.15, 0.2) is 36.7 Å². The topological polar surface area (TPSA) is 56.6 Å². The lowest BCUT2D eigenvalue weighted by Crippen LogP contribution is -2.40.